The quantitative estimate of drug-likeness (QED) is 0.351. The number of amides is 2. The molecule has 2 aliphatic heterocycles. The summed E-state index contributed by atoms with van der Waals surface area (Å²) in [7, 11) is 0. The number of anilines is 1. The largest absolute Gasteiger partial charge is 0.454 e. The molecule has 2 aliphatic rings. The molecule has 2 aromatic rings. The highest BCUT2D eigenvalue weighted by Crippen LogP contribution is 2.36. The van der Waals surface area contributed by atoms with Crippen molar-refractivity contribution in [2.75, 3.05) is 18.7 Å². The van der Waals surface area contributed by atoms with Crippen LogP contribution in [0.1, 0.15) is 31.2 Å². The number of hydrogen-bond acceptors (Lipinski definition) is 6. The maximum atomic E-state index is 12.8. The summed E-state index contributed by atoms with van der Waals surface area (Å²) in [4.78, 5) is 27.0. The number of hydrogen-bond donors (Lipinski definition) is 1. The van der Waals surface area contributed by atoms with Crippen LogP contribution >= 0.6 is 24.0 Å². The molecule has 0 unspecified atom stereocenters. The summed E-state index contributed by atoms with van der Waals surface area (Å²) in [6.07, 6.45) is 4.69. The van der Waals surface area contributed by atoms with Crippen molar-refractivity contribution >= 4 is 51.9 Å². The van der Waals surface area contributed by atoms with Gasteiger partial charge in [0.2, 0.25) is 12.7 Å². The van der Waals surface area contributed by atoms with Crippen molar-refractivity contribution in [2.45, 2.75) is 25.7 Å². The molecule has 0 atom stereocenters. The topological polar surface area (TPSA) is 67.9 Å². The molecule has 0 bridgehead atoms. The number of unbranched alkanes of at least 4 members (excludes halogenated alkanes) is 2. The molecular weight excluding hydrogens is 432 g/mol. The number of thioether (sulfide) groups is 1. The van der Waals surface area contributed by atoms with Crippen molar-refractivity contribution < 1.29 is 19.1 Å². The number of nitrogens with zero attached hydrogens (tertiary/aromatic N) is 1. The first-order chi connectivity index (χ1) is 15.1. The van der Waals surface area contributed by atoms with Gasteiger partial charge < -0.3 is 14.8 Å². The maximum Gasteiger partial charge on any atom is 0.266 e. The Labute approximate surface area is 190 Å². The summed E-state index contributed by atoms with van der Waals surface area (Å²) in [5, 5.41) is 2.88. The molecule has 160 valence electrons. The van der Waals surface area contributed by atoms with Crippen LogP contribution in [-0.4, -0.2) is 34.4 Å². The summed E-state index contributed by atoms with van der Waals surface area (Å²) < 4.78 is 11.3. The highest BCUT2D eigenvalue weighted by atomic mass is 32.2. The van der Waals surface area contributed by atoms with Crippen LogP contribution in [0.15, 0.2) is 53.4 Å². The van der Waals surface area contributed by atoms with E-state index in [9.17, 15) is 9.59 Å². The Bertz CT molecular complexity index is 1020. The fourth-order valence-corrected chi connectivity index (χ4v) is 4.63. The standard InChI is InChI=1S/C23H22N2O4S2/c26-21(24-17-7-3-1-4-8-17)9-5-2-6-12-25-22(27)20(31-23(25)30)14-16-10-11-18-19(13-16)29-15-28-18/h1,3-4,7-8,10-11,13-14H,2,5-6,9,12,15H2,(H,24,26)/b20-14-. The van der Waals surface area contributed by atoms with Crippen LogP contribution in [0.3, 0.4) is 0 Å². The summed E-state index contributed by atoms with van der Waals surface area (Å²) in [6.45, 7) is 0.776. The van der Waals surface area contributed by atoms with E-state index in [0.29, 0.717) is 33.7 Å². The fraction of sp³-hybridized carbons (Fsp3) is 0.261. The van der Waals surface area contributed by atoms with Crippen molar-refractivity contribution in [2.24, 2.45) is 0 Å². The number of carbonyl (C=O) groups is 2. The molecule has 0 spiro atoms. The van der Waals surface area contributed by atoms with Gasteiger partial charge in [0.1, 0.15) is 4.32 Å². The number of ether oxygens (including phenoxy) is 2. The van der Waals surface area contributed by atoms with Gasteiger partial charge in [-0.05, 0) is 48.7 Å². The van der Waals surface area contributed by atoms with Crippen molar-refractivity contribution in [3.05, 3.63) is 59.0 Å². The first-order valence-corrected chi connectivity index (χ1v) is 11.3. The Morgan fingerprint density at radius 2 is 1.90 bits per heavy atom. The van der Waals surface area contributed by atoms with E-state index in [1.54, 1.807) is 4.90 Å². The second-order valence-electron chi connectivity index (χ2n) is 7.17. The molecular formula is C23H22N2O4S2. The van der Waals surface area contributed by atoms with Crippen molar-refractivity contribution in [1.82, 2.24) is 4.90 Å². The van der Waals surface area contributed by atoms with Gasteiger partial charge in [-0.25, -0.2) is 0 Å². The lowest BCUT2D eigenvalue weighted by Gasteiger charge is -2.14. The molecule has 0 aliphatic carbocycles. The second kappa shape index (κ2) is 9.98. The lowest BCUT2D eigenvalue weighted by atomic mass is 10.1. The number of nitrogens with one attached hydrogen (secondary N) is 1. The first-order valence-electron chi connectivity index (χ1n) is 10.1. The Morgan fingerprint density at radius 1 is 1.10 bits per heavy atom. The minimum Gasteiger partial charge on any atom is -0.454 e. The molecule has 0 saturated carbocycles. The molecule has 31 heavy (non-hydrogen) atoms. The molecule has 2 aromatic carbocycles. The molecule has 6 nitrogen and oxygen atoms in total. The Kier molecular flexibility index (Phi) is 6.89. The van der Waals surface area contributed by atoms with Gasteiger partial charge in [0.05, 0.1) is 4.91 Å². The summed E-state index contributed by atoms with van der Waals surface area (Å²) in [5.41, 5.74) is 1.67. The van der Waals surface area contributed by atoms with Gasteiger partial charge in [0, 0.05) is 18.7 Å². The Morgan fingerprint density at radius 3 is 2.74 bits per heavy atom. The molecule has 8 heteroatoms. The van der Waals surface area contributed by atoms with Gasteiger partial charge in [-0.15, -0.1) is 0 Å². The fourth-order valence-electron chi connectivity index (χ4n) is 3.32. The number of para-hydroxylation sites is 1. The minimum atomic E-state index is -0.0745. The second-order valence-corrected chi connectivity index (χ2v) is 8.85. The van der Waals surface area contributed by atoms with Crippen LogP contribution in [0.4, 0.5) is 5.69 Å². The van der Waals surface area contributed by atoms with Gasteiger partial charge in [-0.2, -0.15) is 0 Å². The molecule has 2 amide bonds. The predicted molar refractivity (Wildman–Crippen MR) is 126 cm³/mol. The van der Waals surface area contributed by atoms with Crippen molar-refractivity contribution in [3.63, 3.8) is 0 Å². The van der Waals surface area contributed by atoms with Crippen molar-refractivity contribution in [3.8, 4) is 11.5 Å². The lowest BCUT2D eigenvalue weighted by molar-refractivity contribution is -0.122. The summed E-state index contributed by atoms with van der Waals surface area (Å²) in [5.74, 6) is 1.32. The predicted octanol–water partition coefficient (Wildman–Crippen LogP) is 4.82. The van der Waals surface area contributed by atoms with E-state index >= 15 is 0 Å². The molecule has 0 aromatic heterocycles. The van der Waals surface area contributed by atoms with Crippen LogP contribution in [0.25, 0.3) is 6.08 Å². The normalized spacial score (nSPS) is 16.3. The zero-order chi connectivity index (χ0) is 21.6. The summed E-state index contributed by atoms with van der Waals surface area (Å²) >= 11 is 6.71. The zero-order valence-corrected chi connectivity index (χ0v) is 18.5. The van der Waals surface area contributed by atoms with Gasteiger partial charge in [-0.3, -0.25) is 14.5 Å². The molecule has 1 fully saturated rings. The third-order valence-electron chi connectivity index (χ3n) is 4.91. The Balaban J connectivity index is 1.23. The van der Waals surface area contributed by atoms with Crippen LogP contribution in [0.2, 0.25) is 0 Å². The van der Waals surface area contributed by atoms with Crippen molar-refractivity contribution in [1.29, 1.82) is 0 Å². The van der Waals surface area contributed by atoms with E-state index in [4.69, 9.17) is 21.7 Å². The SMILES string of the molecule is O=C(CCCCCN1C(=O)/C(=C/c2ccc3c(c2)OCO3)SC1=S)Nc1ccccc1. The van der Waals surface area contributed by atoms with Gasteiger partial charge >= 0.3 is 0 Å². The number of thiocarbonyl (C=S) groups is 1. The van der Waals surface area contributed by atoms with E-state index in [2.05, 4.69) is 5.32 Å². The number of fused-ring (bicyclic) bond motifs is 1. The average molecular weight is 455 g/mol. The highest BCUT2D eigenvalue weighted by Gasteiger charge is 2.31. The Hall–Kier alpha value is -2.84. The van der Waals surface area contributed by atoms with Crippen LogP contribution in [0, 0.1) is 0 Å². The third-order valence-corrected chi connectivity index (χ3v) is 6.29. The van der Waals surface area contributed by atoms with E-state index in [1.165, 1.54) is 11.8 Å². The molecule has 0 radical (unpaired) electrons. The van der Waals surface area contributed by atoms with Gasteiger partial charge in [0.15, 0.2) is 11.5 Å². The molecule has 1 N–H and O–H groups in total. The van der Waals surface area contributed by atoms with Gasteiger partial charge in [0.25, 0.3) is 5.91 Å². The van der Waals surface area contributed by atoms with Crippen LogP contribution in [0.5, 0.6) is 11.5 Å². The minimum absolute atomic E-state index is 0.00321. The molecule has 1 saturated heterocycles. The van der Waals surface area contributed by atoms with E-state index in [1.807, 2.05) is 54.6 Å². The van der Waals surface area contributed by atoms with E-state index in [-0.39, 0.29) is 18.6 Å². The lowest BCUT2D eigenvalue weighted by Crippen LogP contribution is -2.29. The van der Waals surface area contributed by atoms with Crippen LogP contribution in [-0.2, 0) is 9.59 Å². The first kappa shape index (κ1) is 21.4. The maximum absolute atomic E-state index is 12.8. The van der Waals surface area contributed by atoms with E-state index in [0.717, 1.165) is 30.5 Å². The summed E-state index contributed by atoms with van der Waals surface area (Å²) in [6, 6.07) is 15.0. The van der Waals surface area contributed by atoms with E-state index < -0.39 is 0 Å². The van der Waals surface area contributed by atoms with Crippen LogP contribution < -0.4 is 14.8 Å². The van der Waals surface area contributed by atoms with Gasteiger partial charge in [-0.1, -0.05) is 54.7 Å². The third kappa shape index (κ3) is 5.45. The number of rotatable bonds is 8. The highest BCUT2D eigenvalue weighted by molar-refractivity contribution is 8.26. The average Bonchev–Trinajstić information content (AvgIpc) is 3.33. The smallest absolute Gasteiger partial charge is 0.266 e. The monoisotopic (exact) mass is 454 g/mol. The number of benzene rings is 2. The molecule has 4 rings (SSSR count). The number of carbonyl (C=O) groups excluding carboxylic acids is 2. The molecule has 2 heterocycles. The zero-order valence-electron chi connectivity index (χ0n) is 16.8.